The van der Waals surface area contributed by atoms with E-state index in [-0.39, 0.29) is 6.04 Å². The van der Waals surface area contributed by atoms with Crippen LogP contribution in [-0.4, -0.2) is 34.9 Å². The Morgan fingerprint density at radius 1 is 1.12 bits per heavy atom. The maximum Gasteiger partial charge on any atom is 0.179 e. The predicted octanol–water partition coefficient (Wildman–Crippen LogP) is 3.42. The molecule has 26 heavy (non-hydrogen) atoms. The second kappa shape index (κ2) is 6.55. The van der Waals surface area contributed by atoms with Crippen LogP contribution in [0.2, 0.25) is 0 Å². The molecule has 8 heteroatoms. The molecule has 0 aromatic carbocycles. The van der Waals surface area contributed by atoms with E-state index in [4.69, 9.17) is 0 Å². The van der Waals surface area contributed by atoms with E-state index in [9.17, 15) is 0 Å². The van der Waals surface area contributed by atoms with Crippen LogP contribution < -0.4 is 5.32 Å². The first-order valence-electron chi connectivity index (χ1n) is 8.54. The molecule has 1 atom stereocenters. The number of aromatic amines is 1. The molecule has 0 aliphatic rings. The van der Waals surface area contributed by atoms with Crippen LogP contribution >= 0.6 is 0 Å². The zero-order valence-electron chi connectivity index (χ0n) is 14.9. The summed E-state index contributed by atoms with van der Waals surface area (Å²) in [4.78, 5) is 13.3. The molecule has 0 spiro atoms. The summed E-state index contributed by atoms with van der Waals surface area (Å²) in [6.45, 7) is 6.29. The van der Waals surface area contributed by atoms with Gasteiger partial charge >= 0.3 is 0 Å². The van der Waals surface area contributed by atoms with Crippen molar-refractivity contribution >= 4 is 22.8 Å². The second-order valence-electron chi connectivity index (χ2n) is 6.50. The van der Waals surface area contributed by atoms with Gasteiger partial charge in [-0.1, -0.05) is 19.9 Å². The highest BCUT2D eigenvalue weighted by atomic mass is 15.3. The summed E-state index contributed by atoms with van der Waals surface area (Å²) in [7, 11) is 0. The zero-order valence-corrected chi connectivity index (χ0v) is 14.9. The molecule has 4 rings (SSSR count). The Bertz CT molecular complexity index is 1020. The number of nitrogens with zero attached hydrogens (tertiary/aromatic N) is 6. The van der Waals surface area contributed by atoms with Crippen LogP contribution in [0.15, 0.2) is 43.0 Å². The van der Waals surface area contributed by atoms with E-state index >= 15 is 0 Å². The van der Waals surface area contributed by atoms with Crippen LogP contribution in [0.25, 0.3) is 11.2 Å². The first-order chi connectivity index (χ1) is 12.6. The fourth-order valence-electron chi connectivity index (χ4n) is 2.76. The van der Waals surface area contributed by atoms with Crippen LogP contribution in [-0.2, 0) is 0 Å². The molecule has 0 saturated heterocycles. The Kier molecular flexibility index (Phi) is 4.08. The smallest absolute Gasteiger partial charge is 0.179 e. The quantitative estimate of drug-likeness (QED) is 0.573. The van der Waals surface area contributed by atoms with Crippen molar-refractivity contribution in [1.82, 2.24) is 34.9 Å². The van der Waals surface area contributed by atoms with Crippen molar-refractivity contribution in [3.05, 3.63) is 54.2 Å². The molecule has 132 valence electrons. The van der Waals surface area contributed by atoms with E-state index in [1.807, 2.05) is 29.1 Å². The molecule has 4 heterocycles. The standard InChI is InChI=1S/C18H20N8/c1-11(2)14-7-16(25-24-14)22-17-10-20-15-9-21-26(18(15)23-17)12(3)13-5-4-6-19-8-13/h4-12H,1-3H3,(H2,22,23,24,25)/t12-/m0/s1. The molecule has 4 aromatic rings. The van der Waals surface area contributed by atoms with Crippen LogP contribution in [0, 0.1) is 0 Å². The summed E-state index contributed by atoms with van der Waals surface area (Å²) in [5.41, 5.74) is 3.59. The van der Waals surface area contributed by atoms with Gasteiger partial charge in [-0.25, -0.2) is 14.6 Å². The van der Waals surface area contributed by atoms with Gasteiger partial charge in [0.15, 0.2) is 17.3 Å². The highest BCUT2D eigenvalue weighted by molar-refractivity contribution is 5.72. The Morgan fingerprint density at radius 3 is 2.73 bits per heavy atom. The molecule has 0 fully saturated rings. The molecule has 0 unspecified atom stereocenters. The minimum Gasteiger partial charge on any atom is -0.322 e. The number of rotatable bonds is 5. The molecule has 0 aliphatic carbocycles. The van der Waals surface area contributed by atoms with Gasteiger partial charge in [-0.05, 0) is 24.5 Å². The van der Waals surface area contributed by atoms with Crippen LogP contribution in [0.1, 0.15) is 44.0 Å². The van der Waals surface area contributed by atoms with Gasteiger partial charge in [0.1, 0.15) is 5.52 Å². The lowest BCUT2D eigenvalue weighted by Gasteiger charge is -2.13. The Labute approximate surface area is 150 Å². The minimum absolute atomic E-state index is 0.00340. The van der Waals surface area contributed by atoms with E-state index < -0.39 is 0 Å². The van der Waals surface area contributed by atoms with Gasteiger partial charge in [-0.2, -0.15) is 10.2 Å². The summed E-state index contributed by atoms with van der Waals surface area (Å²) >= 11 is 0. The highest BCUT2D eigenvalue weighted by Crippen LogP contribution is 2.23. The normalized spacial score (nSPS) is 12.6. The number of nitrogens with one attached hydrogen (secondary N) is 2. The maximum atomic E-state index is 4.68. The van der Waals surface area contributed by atoms with Gasteiger partial charge in [0, 0.05) is 24.2 Å². The van der Waals surface area contributed by atoms with E-state index in [1.165, 1.54) is 0 Å². The highest BCUT2D eigenvalue weighted by Gasteiger charge is 2.15. The molecule has 0 radical (unpaired) electrons. The molecule has 0 amide bonds. The van der Waals surface area contributed by atoms with Crippen molar-refractivity contribution in [2.24, 2.45) is 0 Å². The molecular weight excluding hydrogens is 328 g/mol. The van der Waals surface area contributed by atoms with E-state index in [1.54, 1.807) is 18.6 Å². The first-order valence-corrected chi connectivity index (χ1v) is 8.54. The second-order valence-corrected chi connectivity index (χ2v) is 6.50. The zero-order chi connectivity index (χ0) is 18.1. The molecule has 4 aromatic heterocycles. The third-order valence-corrected chi connectivity index (χ3v) is 4.31. The van der Waals surface area contributed by atoms with Gasteiger partial charge < -0.3 is 5.32 Å². The number of hydrogen-bond acceptors (Lipinski definition) is 6. The van der Waals surface area contributed by atoms with Gasteiger partial charge in [0.2, 0.25) is 0 Å². The molecule has 0 bridgehead atoms. The average molecular weight is 348 g/mol. The third kappa shape index (κ3) is 3.01. The molecule has 8 nitrogen and oxygen atoms in total. The number of anilines is 2. The number of hydrogen-bond donors (Lipinski definition) is 2. The predicted molar refractivity (Wildman–Crippen MR) is 99.3 cm³/mol. The summed E-state index contributed by atoms with van der Waals surface area (Å²) in [5.74, 6) is 1.72. The van der Waals surface area contributed by atoms with Crippen LogP contribution in [0.3, 0.4) is 0 Å². The summed E-state index contributed by atoms with van der Waals surface area (Å²) < 4.78 is 1.86. The van der Waals surface area contributed by atoms with Crippen molar-refractivity contribution in [2.45, 2.75) is 32.7 Å². The maximum absolute atomic E-state index is 4.68. The largest absolute Gasteiger partial charge is 0.322 e. The molecule has 0 aliphatic heterocycles. The van der Waals surface area contributed by atoms with E-state index in [0.29, 0.717) is 23.2 Å². The minimum atomic E-state index is 0.00340. The monoisotopic (exact) mass is 348 g/mol. The lowest BCUT2D eigenvalue weighted by molar-refractivity contribution is 0.577. The fraction of sp³-hybridized carbons (Fsp3) is 0.278. The van der Waals surface area contributed by atoms with E-state index in [0.717, 1.165) is 16.8 Å². The molecular formula is C18H20N8. The number of aromatic nitrogens is 7. The van der Waals surface area contributed by atoms with Crippen molar-refractivity contribution in [3.63, 3.8) is 0 Å². The lowest BCUT2D eigenvalue weighted by atomic mass is 10.1. The average Bonchev–Trinajstić information content (AvgIpc) is 3.29. The van der Waals surface area contributed by atoms with E-state index in [2.05, 4.69) is 56.3 Å². The van der Waals surface area contributed by atoms with Crippen molar-refractivity contribution < 1.29 is 0 Å². The van der Waals surface area contributed by atoms with Crippen molar-refractivity contribution in [2.75, 3.05) is 5.32 Å². The molecule has 0 saturated carbocycles. The van der Waals surface area contributed by atoms with Gasteiger partial charge in [0.05, 0.1) is 18.4 Å². The Balaban J connectivity index is 1.66. The summed E-state index contributed by atoms with van der Waals surface area (Å²) in [6, 6.07) is 5.92. The first kappa shape index (κ1) is 16.2. The number of H-pyrrole nitrogens is 1. The lowest BCUT2D eigenvalue weighted by Crippen LogP contribution is -2.10. The third-order valence-electron chi connectivity index (χ3n) is 4.31. The fourth-order valence-corrected chi connectivity index (χ4v) is 2.76. The van der Waals surface area contributed by atoms with Gasteiger partial charge in [-0.15, -0.1) is 0 Å². The van der Waals surface area contributed by atoms with Gasteiger partial charge in [0.25, 0.3) is 0 Å². The Morgan fingerprint density at radius 2 is 2.00 bits per heavy atom. The number of pyridine rings is 1. The van der Waals surface area contributed by atoms with Crippen LogP contribution in [0.4, 0.5) is 11.6 Å². The molecule has 2 N–H and O–H groups in total. The van der Waals surface area contributed by atoms with Gasteiger partial charge in [-0.3, -0.25) is 10.1 Å². The topological polar surface area (TPSA) is 97.2 Å². The SMILES string of the molecule is CC(C)c1cc(Nc2cnc3cnn([C@@H](C)c4cccnc4)c3n2)n[nH]1. The summed E-state index contributed by atoms with van der Waals surface area (Å²) in [6.07, 6.45) is 7.01. The van der Waals surface area contributed by atoms with Crippen LogP contribution in [0.5, 0.6) is 0 Å². The van der Waals surface area contributed by atoms with Crippen molar-refractivity contribution in [3.8, 4) is 0 Å². The number of fused-ring (bicyclic) bond motifs is 1. The Hall–Kier alpha value is -3.29. The summed E-state index contributed by atoms with van der Waals surface area (Å²) in [5, 5.41) is 15.0. The van der Waals surface area contributed by atoms with Crippen molar-refractivity contribution in [1.29, 1.82) is 0 Å².